The molecule has 184 valence electrons. The van der Waals surface area contributed by atoms with Crippen molar-refractivity contribution in [1.82, 2.24) is 10.2 Å². The number of halogens is 1. The maximum atomic E-state index is 13.1. The van der Waals surface area contributed by atoms with Gasteiger partial charge in [0.05, 0.1) is 24.1 Å². The lowest BCUT2D eigenvalue weighted by Crippen LogP contribution is -2.57. The minimum atomic E-state index is -0.873. The number of piperazine rings is 1. The molecule has 1 fully saturated rings. The van der Waals surface area contributed by atoms with Crippen LogP contribution < -0.4 is 10.1 Å². The zero-order valence-electron chi connectivity index (χ0n) is 19.9. The summed E-state index contributed by atoms with van der Waals surface area (Å²) in [7, 11) is 0. The highest BCUT2D eigenvalue weighted by atomic mass is 79.9. The van der Waals surface area contributed by atoms with Gasteiger partial charge in [0.15, 0.2) is 0 Å². The van der Waals surface area contributed by atoms with Crippen molar-refractivity contribution in [3.8, 4) is 5.75 Å². The summed E-state index contributed by atoms with van der Waals surface area (Å²) < 4.78 is 11.5. The first-order valence-electron chi connectivity index (χ1n) is 12.1. The summed E-state index contributed by atoms with van der Waals surface area (Å²) in [5.41, 5.74) is 0.428. The van der Waals surface area contributed by atoms with Gasteiger partial charge in [-0.15, -0.1) is 0 Å². The van der Waals surface area contributed by atoms with Crippen molar-refractivity contribution in [2.24, 2.45) is 0 Å². The van der Waals surface area contributed by atoms with Crippen molar-refractivity contribution < 1.29 is 23.9 Å². The first-order valence-corrected chi connectivity index (χ1v) is 12.9. The van der Waals surface area contributed by atoms with Crippen molar-refractivity contribution in [1.29, 1.82) is 0 Å². The summed E-state index contributed by atoms with van der Waals surface area (Å²) in [4.78, 5) is 39.4. The van der Waals surface area contributed by atoms with E-state index in [1.54, 1.807) is 18.2 Å². The average molecular weight is 525 g/mol. The highest BCUT2D eigenvalue weighted by Crippen LogP contribution is 2.27. The fourth-order valence-electron chi connectivity index (χ4n) is 3.87. The smallest absolute Gasteiger partial charge is 0.308 e. The van der Waals surface area contributed by atoms with Crippen molar-refractivity contribution in [2.75, 3.05) is 26.3 Å². The molecule has 0 radical (unpaired) electrons. The van der Waals surface area contributed by atoms with Gasteiger partial charge in [-0.25, -0.2) is 0 Å². The lowest BCUT2D eigenvalue weighted by Gasteiger charge is -2.34. The van der Waals surface area contributed by atoms with Crippen molar-refractivity contribution in [3.05, 3.63) is 28.2 Å². The summed E-state index contributed by atoms with van der Waals surface area (Å²) in [6, 6.07) is 4.19. The van der Waals surface area contributed by atoms with E-state index in [0.29, 0.717) is 42.1 Å². The molecule has 1 aliphatic heterocycles. The van der Waals surface area contributed by atoms with Crippen LogP contribution >= 0.6 is 15.9 Å². The molecule has 1 saturated heterocycles. The van der Waals surface area contributed by atoms with Gasteiger partial charge < -0.3 is 19.7 Å². The predicted octanol–water partition coefficient (Wildman–Crippen LogP) is 4.86. The van der Waals surface area contributed by atoms with Crippen molar-refractivity contribution in [2.45, 2.75) is 77.7 Å². The fraction of sp³-hybridized carbons (Fsp3) is 0.640. The Hall–Kier alpha value is -2.09. The van der Waals surface area contributed by atoms with Crippen LogP contribution in [0.4, 0.5) is 0 Å². The maximum absolute atomic E-state index is 13.1. The van der Waals surface area contributed by atoms with Gasteiger partial charge in [-0.05, 0) is 47.5 Å². The Bertz CT molecular complexity index is 786. The Morgan fingerprint density at radius 3 is 2.45 bits per heavy atom. The third kappa shape index (κ3) is 8.99. The highest BCUT2D eigenvalue weighted by Gasteiger charge is 2.35. The topological polar surface area (TPSA) is 84.9 Å². The van der Waals surface area contributed by atoms with Gasteiger partial charge in [-0.2, -0.15) is 0 Å². The van der Waals surface area contributed by atoms with Crippen LogP contribution in [0.25, 0.3) is 0 Å². The number of nitrogens with one attached hydrogen (secondary N) is 1. The molecule has 1 atom stereocenters. The molecule has 2 amide bonds. The molecular formula is C25H37BrN2O5. The Morgan fingerprint density at radius 2 is 1.79 bits per heavy atom. The van der Waals surface area contributed by atoms with Gasteiger partial charge in [0.2, 0.25) is 5.91 Å². The Kier molecular flexibility index (Phi) is 12.3. The molecule has 1 aromatic carbocycles. The van der Waals surface area contributed by atoms with Gasteiger partial charge in [0, 0.05) is 18.7 Å². The molecule has 1 unspecified atom stereocenters. The summed E-state index contributed by atoms with van der Waals surface area (Å²) >= 11 is 3.42. The van der Waals surface area contributed by atoms with Crippen LogP contribution in [0.2, 0.25) is 0 Å². The number of carbonyl (C=O) groups is 3. The Morgan fingerprint density at radius 1 is 1.09 bits per heavy atom. The first kappa shape index (κ1) is 27.2. The van der Waals surface area contributed by atoms with Crippen LogP contribution in [0, 0.1) is 0 Å². The van der Waals surface area contributed by atoms with Gasteiger partial charge in [-0.3, -0.25) is 14.4 Å². The summed E-state index contributed by atoms with van der Waals surface area (Å²) in [5, 5.41) is 2.75. The number of carbonyl (C=O) groups excluding carboxylic acids is 3. The SMILES string of the molecule is CCCCCCCCCCOC(=O)CC1C(=O)NCCN1C(=O)c1ccc(OCC)c(Br)c1. The molecular weight excluding hydrogens is 488 g/mol. The van der Waals surface area contributed by atoms with E-state index in [4.69, 9.17) is 9.47 Å². The molecule has 1 aromatic rings. The van der Waals surface area contributed by atoms with Gasteiger partial charge in [-0.1, -0.05) is 51.9 Å². The quantitative estimate of drug-likeness (QED) is 0.277. The number of benzene rings is 1. The number of ether oxygens (including phenoxy) is 2. The van der Waals surface area contributed by atoms with E-state index in [1.165, 1.54) is 37.0 Å². The van der Waals surface area contributed by atoms with Gasteiger partial charge >= 0.3 is 5.97 Å². The average Bonchev–Trinajstić information content (AvgIpc) is 2.80. The van der Waals surface area contributed by atoms with E-state index >= 15 is 0 Å². The van der Waals surface area contributed by atoms with Crippen LogP contribution in [-0.2, 0) is 14.3 Å². The maximum Gasteiger partial charge on any atom is 0.308 e. The van der Waals surface area contributed by atoms with E-state index < -0.39 is 12.0 Å². The zero-order valence-corrected chi connectivity index (χ0v) is 21.5. The predicted molar refractivity (Wildman–Crippen MR) is 131 cm³/mol. The second kappa shape index (κ2) is 14.9. The van der Waals surface area contributed by atoms with Crippen LogP contribution in [0.15, 0.2) is 22.7 Å². The number of rotatable bonds is 14. The lowest BCUT2D eigenvalue weighted by atomic mass is 10.1. The largest absolute Gasteiger partial charge is 0.493 e. The molecule has 7 nitrogen and oxygen atoms in total. The number of hydrogen-bond donors (Lipinski definition) is 1. The molecule has 1 N–H and O–H groups in total. The molecule has 0 spiro atoms. The Balaban J connectivity index is 1.84. The Labute approximate surface area is 205 Å². The lowest BCUT2D eigenvalue weighted by molar-refractivity contribution is -0.147. The molecule has 33 heavy (non-hydrogen) atoms. The number of esters is 1. The standard InChI is InChI=1S/C25H37BrN2O5/c1-3-5-6-7-8-9-10-11-16-33-23(29)18-21-24(30)27-14-15-28(21)25(31)19-12-13-22(32-4-2)20(26)17-19/h12-13,17,21H,3-11,14-16,18H2,1-2H3,(H,27,30). The molecule has 8 heteroatoms. The molecule has 0 aromatic heterocycles. The molecule has 0 aliphatic carbocycles. The monoisotopic (exact) mass is 524 g/mol. The number of hydrogen-bond acceptors (Lipinski definition) is 5. The van der Waals surface area contributed by atoms with Crippen LogP contribution in [-0.4, -0.2) is 55.0 Å². The van der Waals surface area contributed by atoms with E-state index in [2.05, 4.69) is 28.2 Å². The zero-order chi connectivity index (χ0) is 24.1. The fourth-order valence-corrected chi connectivity index (χ4v) is 4.36. The van der Waals surface area contributed by atoms with Crippen molar-refractivity contribution >= 4 is 33.7 Å². The number of unbranched alkanes of at least 4 members (excludes halogenated alkanes) is 7. The molecule has 1 aliphatic rings. The first-order chi connectivity index (χ1) is 16.0. The molecule has 0 bridgehead atoms. The summed E-state index contributed by atoms with van der Waals surface area (Å²) in [5.74, 6) is -0.435. The number of nitrogens with zero attached hydrogens (tertiary/aromatic N) is 1. The normalized spacial score (nSPS) is 15.8. The van der Waals surface area contributed by atoms with Gasteiger partial charge in [0.1, 0.15) is 11.8 Å². The van der Waals surface area contributed by atoms with Crippen molar-refractivity contribution in [3.63, 3.8) is 0 Å². The van der Waals surface area contributed by atoms with Crippen LogP contribution in [0.3, 0.4) is 0 Å². The second-order valence-electron chi connectivity index (χ2n) is 8.28. The minimum absolute atomic E-state index is 0.146. The van der Waals surface area contributed by atoms with Crippen LogP contribution in [0.1, 0.15) is 82.0 Å². The third-order valence-corrected chi connectivity index (χ3v) is 6.31. The highest BCUT2D eigenvalue weighted by molar-refractivity contribution is 9.10. The van der Waals surface area contributed by atoms with E-state index in [-0.39, 0.29) is 18.2 Å². The molecule has 2 rings (SSSR count). The van der Waals surface area contributed by atoms with E-state index in [0.717, 1.165) is 19.3 Å². The summed E-state index contributed by atoms with van der Waals surface area (Å²) in [6.07, 6.45) is 9.15. The second-order valence-corrected chi connectivity index (χ2v) is 9.14. The van der Waals surface area contributed by atoms with E-state index in [9.17, 15) is 14.4 Å². The van der Waals surface area contributed by atoms with E-state index in [1.807, 2.05) is 6.92 Å². The minimum Gasteiger partial charge on any atom is -0.493 e. The third-order valence-electron chi connectivity index (χ3n) is 5.69. The van der Waals surface area contributed by atoms with Crippen LogP contribution in [0.5, 0.6) is 5.75 Å². The van der Waals surface area contributed by atoms with Gasteiger partial charge in [0.25, 0.3) is 5.91 Å². The summed E-state index contributed by atoms with van der Waals surface area (Å²) in [6.45, 7) is 5.65. The molecule has 1 heterocycles. The molecule has 0 saturated carbocycles. The number of amides is 2.